The molecule has 35 heavy (non-hydrogen) atoms. The predicted molar refractivity (Wildman–Crippen MR) is 132 cm³/mol. The van der Waals surface area contributed by atoms with Gasteiger partial charge in [0.25, 0.3) is 0 Å². The lowest BCUT2D eigenvalue weighted by Crippen LogP contribution is -2.33. The molecule has 3 fully saturated rings. The number of halogens is 4. The Hall–Kier alpha value is -1.36. The molecule has 1 nitrogen and oxygen atoms in total. The highest BCUT2D eigenvalue weighted by Crippen LogP contribution is 2.46. The third-order valence-electron chi connectivity index (χ3n) is 9.32. The van der Waals surface area contributed by atoms with E-state index in [1.54, 1.807) is 6.92 Å². The Bertz CT molecular complexity index is 842. The smallest absolute Gasteiger partial charge is 0.313 e. The molecule has 0 bridgehead atoms. The molecule has 1 aromatic carbocycles. The van der Waals surface area contributed by atoms with Crippen LogP contribution in [0.2, 0.25) is 0 Å². The summed E-state index contributed by atoms with van der Waals surface area (Å²) in [5.74, 6) is 1.12. The Morgan fingerprint density at radius 2 is 1.26 bits per heavy atom. The fraction of sp³-hybridized carbons (Fsp3) is 0.733. The van der Waals surface area contributed by atoms with Crippen molar-refractivity contribution in [3.63, 3.8) is 0 Å². The Kier molecular flexibility index (Phi) is 8.99. The molecule has 0 radical (unpaired) electrons. The minimum Gasteiger partial charge on any atom is -0.313 e. The number of ether oxygens (including phenoxy) is 1. The average molecular weight is 495 g/mol. The highest BCUT2D eigenvalue weighted by Gasteiger charge is 2.42. The van der Waals surface area contributed by atoms with E-state index < -0.39 is 29.4 Å². The highest BCUT2D eigenvalue weighted by molar-refractivity contribution is 5.28. The Morgan fingerprint density at radius 3 is 1.74 bits per heavy atom. The summed E-state index contributed by atoms with van der Waals surface area (Å²) in [7, 11) is 0. The van der Waals surface area contributed by atoms with Crippen LogP contribution in [0.4, 0.5) is 17.6 Å². The van der Waals surface area contributed by atoms with Crippen molar-refractivity contribution >= 4 is 0 Å². The summed E-state index contributed by atoms with van der Waals surface area (Å²) in [5.41, 5.74) is -0.897. The summed E-state index contributed by atoms with van der Waals surface area (Å²) in [6.45, 7) is 3.78. The lowest BCUT2D eigenvalue weighted by Gasteiger charge is -2.41. The van der Waals surface area contributed by atoms with E-state index in [0.29, 0.717) is 24.7 Å². The molecule has 4 rings (SSSR count). The average Bonchev–Trinajstić information content (AvgIpc) is 2.86. The zero-order chi connectivity index (χ0) is 25.0. The second kappa shape index (κ2) is 11.8. The standard InChI is InChI=1S/C30H42F4O/c1-3-5-20-6-8-22(9-7-20)23-10-12-24(13-11-23)25-14-17-26(18-15-25)35-30(33,34)27-19-16-21(4-2)28(31)29(27)32/h3,5,16,19-20,22-26H,4,6-15,17-18H2,1-2H3. The molecule has 0 aliphatic heterocycles. The van der Waals surface area contributed by atoms with Crippen molar-refractivity contribution in [3.05, 3.63) is 47.0 Å². The predicted octanol–water partition coefficient (Wildman–Crippen LogP) is 9.34. The minimum atomic E-state index is -3.82. The van der Waals surface area contributed by atoms with E-state index in [4.69, 9.17) is 4.74 Å². The molecule has 3 aliphatic carbocycles. The summed E-state index contributed by atoms with van der Waals surface area (Å²) in [6.07, 6.45) is 13.8. The van der Waals surface area contributed by atoms with Gasteiger partial charge in [-0.25, -0.2) is 8.78 Å². The van der Waals surface area contributed by atoms with Crippen molar-refractivity contribution in [1.29, 1.82) is 0 Å². The van der Waals surface area contributed by atoms with Crippen molar-refractivity contribution in [2.75, 3.05) is 0 Å². The molecule has 3 aliphatic rings. The first-order chi connectivity index (χ1) is 16.8. The van der Waals surface area contributed by atoms with Gasteiger partial charge in [0, 0.05) is 0 Å². The van der Waals surface area contributed by atoms with Gasteiger partial charge in [0.05, 0.1) is 11.7 Å². The molecule has 1 aromatic rings. The van der Waals surface area contributed by atoms with Gasteiger partial charge >= 0.3 is 6.11 Å². The fourth-order valence-corrected chi connectivity index (χ4v) is 7.21. The maximum Gasteiger partial charge on any atom is 0.386 e. The molecule has 0 atom stereocenters. The fourth-order valence-electron chi connectivity index (χ4n) is 7.21. The van der Waals surface area contributed by atoms with Gasteiger partial charge < -0.3 is 4.74 Å². The number of hydrogen-bond donors (Lipinski definition) is 0. The molecular weight excluding hydrogens is 452 g/mol. The van der Waals surface area contributed by atoms with Crippen LogP contribution in [0.25, 0.3) is 0 Å². The topological polar surface area (TPSA) is 9.23 Å². The summed E-state index contributed by atoms with van der Waals surface area (Å²) < 4.78 is 62.9. The highest BCUT2D eigenvalue weighted by atomic mass is 19.3. The van der Waals surface area contributed by atoms with Gasteiger partial charge in [0.2, 0.25) is 0 Å². The largest absolute Gasteiger partial charge is 0.386 e. The second-order valence-electron chi connectivity index (χ2n) is 11.3. The first-order valence-corrected chi connectivity index (χ1v) is 14.0. The van der Waals surface area contributed by atoms with Gasteiger partial charge in [0.15, 0.2) is 11.6 Å². The maximum atomic E-state index is 14.7. The number of alkyl halides is 2. The molecule has 0 amide bonds. The van der Waals surface area contributed by atoms with Crippen LogP contribution < -0.4 is 0 Å². The van der Waals surface area contributed by atoms with E-state index in [1.807, 2.05) is 0 Å². The number of hydrogen-bond acceptors (Lipinski definition) is 1. The van der Waals surface area contributed by atoms with Crippen LogP contribution in [0.3, 0.4) is 0 Å². The van der Waals surface area contributed by atoms with Gasteiger partial charge in [-0.05, 0) is 132 Å². The van der Waals surface area contributed by atoms with Crippen LogP contribution in [-0.4, -0.2) is 6.10 Å². The van der Waals surface area contributed by atoms with Gasteiger partial charge in [-0.3, -0.25) is 0 Å². The first kappa shape index (κ1) is 26.7. The van der Waals surface area contributed by atoms with Gasteiger partial charge in [-0.1, -0.05) is 25.1 Å². The summed E-state index contributed by atoms with van der Waals surface area (Å²) in [6, 6.07) is 2.19. The zero-order valence-electron chi connectivity index (χ0n) is 21.4. The van der Waals surface area contributed by atoms with Crippen LogP contribution >= 0.6 is 0 Å². The molecule has 0 saturated heterocycles. The first-order valence-electron chi connectivity index (χ1n) is 14.0. The molecule has 0 aromatic heterocycles. The van der Waals surface area contributed by atoms with E-state index in [1.165, 1.54) is 57.4 Å². The van der Waals surface area contributed by atoms with Crippen LogP contribution in [0.15, 0.2) is 24.3 Å². The van der Waals surface area contributed by atoms with E-state index >= 15 is 0 Å². The molecule has 0 heterocycles. The van der Waals surface area contributed by atoms with Gasteiger partial charge in [0.1, 0.15) is 0 Å². The van der Waals surface area contributed by atoms with E-state index in [0.717, 1.165) is 36.7 Å². The molecule has 0 N–H and O–H groups in total. The van der Waals surface area contributed by atoms with Crippen molar-refractivity contribution in [2.45, 2.75) is 110 Å². The quantitative estimate of drug-likeness (QED) is 0.271. The zero-order valence-corrected chi connectivity index (χ0v) is 21.4. The molecular formula is C30H42F4O. The summed E-state index contributed by atoms with van der Waals surface area (Å²) in [5, 5.41) is 0. The minimum absolute atomic E-state index is 0.0959. The van der Waals surface area contributed by atoms with Crippen LogP contribution in [-0.2, 0) is 17.3 Å². The normalized spacial score (nSPS) is 32.7. The Balaban J connectivity index is 1.23. The maximum absolute atomic E-state index is 14.7. The van der Waals surface area contributed by atoms with Crippen LogP contribution in [0.1, 0.15) is 102 Å². The monoisotopic (exact) mass is 494 g/mol. The van der Waals surface area contributed by atoms with E-state index in [9.17, 15) is 17.6 Å². The summed E-state index contributed by atoms with van der Waals surface area (Å²) in [4.78, 5) is 0. The van der Waals surface area contributed by atoms with Crippen molar-refractivity contribution in [3.8, 4) is 0 Å². The molecule has 196 valence electrons. The van der Waals surface area contributed by atoms with Crippen molar-refractivity contribution in [2.24, 2.45) is 29.6 Å². The molecule has 0 unspecified atom stereocenters. The number of aryl methyl sites for hydroxylation is 1. The van der Waals surface area contributed by atoms with E-state index in [2.05, 4.69) is 19.1 Å². The summed E-state index contributed by atoms with van der Waals surface area (Å²) >= 11 is 0. The van der Waals surface area contributed by atoms with Gasteiger partial charge in [-0.2, -0.15) is 8.78 Å². The third-order valence-corrected chi connectivity index (χ3v) is 9.32. The number of rotatable bonds is 7. The molecule has 3 saturated carbocycles. The number of allylic oxidation sites excluding steroid dienone is 2. The van der Waals surface area contributed by atoms with Gasteiger partial charge in [-0.15, -0.1) is 0 Å². The van der Waals surface area contributed by atoms with Crippen molar-refractivity contribution < 1.29 is 22.3 Å². The Labute approximate surface area is 208 Å². The third kappa shape index (κ3) is 6.32. The lowest BCUT2D eigenvalue weighted by atomic mass is 9.65. The Morgan fingerprint density at radius 1 is 0.771 bits per heavy atom. The second-order valence-corrected chi connectivity index (χ2v) is 11.3. The number of benzene rings is 1. The molecule has 0 spiro atoms. The van der Waals surface area contributed by atoms with E-state index in [-0.39, 0.29) is 12.0 Å². The van der Waals surface area contributed by atoms with Crippen LogP contribution in [0.5, 0.6) is 0 Å². The lowest BCUT2D eigenvalue weighted by molar-refractivity contribution is -0.280. The SMILES string of the molecule is CC=CC1CCC(C2CCC(C3CCC(OC(F)(F)c4ccc(CC)c(F)c4F)CC3)CC2)CC1. The van der Waals surface area contributed by atoms with Crippen LogP contribution in [0, 0.1) is 41.2 Å². The van der Waals surface area contributed by atoms with Crippen molar-refractivity contribution in [1.82, 2.24) is 0 Å². The molecule has 5 heteroatoms.